The molecule has 3 aliphatic heterocycles. The Morgan fingerprint density at radius 3 is 2.23 bits per heavy atom. The van der Waals surface area contributed by atoms with Crippen LogP contribution >= 0.6 is 0 Å². The van der Waals surface area contributed by atoms with Gasteiger partial charge in [0.1, 0.15) is 24.0 Å². The number of hydrogen-bond acceptors (Lipinski definition) is 3. The van der Waals surface area contributed by atoms with Crippen LogP contribution in [0.15, 0.2) is 60.7 Å². The smallest absolute Gasteiger partial charge is 0.119 e. The van der Waals surface area contributed by atoms with Crippen LogP contribution in [0.25, 0.3) is 0 Å². The second kappa shape index (κ2) is 12.2. The van der Waals surface area contributed by atoms with E-state index in [9.17, 15) is 5.11 Å². The van der Waals surface area contributed by atoms with Crippen molar-refractivity contribution in [1.29, 1.82) is 0 Å². The van der Waals surface area contributed by atoms with Gasteiger partial charge in [0.25, 0.3) is 0 Å². The second-order valence-electron chi connectivity index (χ2n) is 11.1. The molecule has 1 N–H and O–H groups in total. The molecule has 1 saturated carbocycles. The van der Waals surface area contributed by atoms with Gasteiger partial charge in [-0.25, -0.2) is 0 Å². The lowest BCUT2D eigenvalue weighted by atomic mass is 9.82. The maximum atomic E-state index is 11.8. The van der Waals surface area contributed by atoms with E-state index in [2.05, 4.69) is 12.1 Å². The third kappa shape index (κ3) is 6.68. The van der Waals surface area contributed by atoms with Crippen LogP contribution in [0.1, 0.15) is 56.9 Å². The summed E-state index contributed by atoms with van der Waals surface area (Å²) in [6, 6.07) is 20.4. The molecule has 2 aromatic carbocycles. The van der Waals surface area contributed by atoms with Crippen molar-refractivity contribution < 1.29 is 36.0 Å². The lowest BCUT2D eigenvalue weighted by molar-refractivity contribution is -0.946. The first-order valence-electron chi connectivity index (χ1n) is 13.6. The molecular formula is C30H42BrNO3. The number of ether oxygens (including phenoxy) is 2. The Morgan fingerprint density at radius 1 is 0.886 bits per heavy atom. The summed E-state index contributed by atoms with van der Waals surface area (Å²) in [7, 11) is 0. The third-order valence-electron chi connectivity index (χ3n) is 8.78. The van der Waals surface area contributed by atoms with E-state index in [0.717, 1.165) is 48.3 Å². The summed E-state index contributed by atoms with van der Waals surface area (Å²) in [5.74, 6) is 2.22. The average molecular weight is 545 g/mol. The summed E-state index contributed by atoms with van der Waals surface area (Å²) in [6.07, 6.45) is 9.74. The lowest BCUT2D eigenvalue weighted by Crippen LogP contribution is -3.00. The van der Waals surface area contributed by atoms with E-state index in [-0.39, 0.29) is 23.1 Å². The zero-order chi connectivity index (χ0) is 23.3. The van der Waals surface area contributed by atoms with E-state index < -0.39 is 5.60 Å². The highest BCUT2D eigenvalue weighted by Crippen LogP contribution is 2.40. The van der Waals surface area contributed by atoms with Gasteiger partial charge in [0.05, 0.1) is 32.8 Å². The highest BCUT2D eigenvalue weighted by Gasteiger charge is 2.47. The molecule has 3 saturated heterocycles. The Morgan fingerprint density at radius 2 is 1.54 bits per heavy atom. The minimum Gasteiger partial charge on any atom is -1.00 e. The van der Waals surface area contributed by atoms with E-state index in [4.69, 9.17) is 9.47 Å². The zero-order valence-corrected chi connectivity index (χ0v) is 22.6. The van der Waals surface area contributed by atoms with Crippen LogP contribution in [-0.4, -0.2) is 55.1 Å². The Kier molecular flexibility index (Phi) is 9.31. The average Bonchev–Trinajstić information content (AvgIpc) is 3.40. The van der Waals surface area contributed by atoms with Gasteiger partial charge < -0.3 is 36.0 Å². The number of halogens is 1. The van der Waals surface area contributed by atoms with Crippen molar-refractivity contribution in [2.24, 2.45) is 11.8 Å². The van der Waals surface area contributed by atoms with Crippen molar-refractivity contribution >= 4 is 0 Å². The molecule has 0 radical (unpaired) electrons. The monoisotopic (exact) mass is 543 g/mol. The van der Waals surface area contributed by atoms with Crippen molar-refractivity contribution in [3.63, 3.8) is 0 Å². The van der Waals surface area contributed by atoms with E-state index in [1.807, 2.05) is 48.5 Å². The first kappa shape index (κ1) is 26.7. The highest BCUT2D eigenvalue weighted by atomic mass is 79.9. The van der Waals surface area contributed by atoms with Gasteiger partial charge >= 0.3 is 0 Å². The van der Waals surface area contributed by atoms with Gasteiger partial charge in [-0.2, -0.15) is 0 Å². The first-order valence-corrected chi connectivity index (χ1v) is 13.6. The molecule has 5 heteroatoms. The molecule has 0 aromatic heterocycles. The fourth-order valence-electron chi connectivity index (χ4n) is 6.78. The number of fused-ring (bicyclic) bond motifs is 3. The largest absolute Gasteiger partial charge is 1.00 e. The number of quaternary nitrogens is 1. The summed E-state index contributed by atoms with van der Waals surface area (Å²) in [5, 5.41) is 11.8. The van der Waals surface area contributed by atoms with E-state index in [1.165, 1.54) is 51.6 Å². The van der Waals surface area contributed by atoms with Crippen molar-refractivity contribution in [2.45, 2.75) is 63.1 Å². The van der Waals surface area contributed by atoms with Gasteiger partial charge in [0.15, 0.2) is 0 Å². The molecule has 2 bridgehead atoms. The van der Waals surface area contributed by atoms with Crippen LogP contribution in [0, 0.1) is 11.8 Å². The predicted octanol–water partition coefficient (Wildman–Crippen LogP) is 2.55. The molecule has 192 valence electrons. The van der Waals surface area contributed by atoms with E-state index >= 15 is 0 Å². The van der Waals surface area contributed by atoms with Crippen molar-refractivity contribution in [3.05, 3.63) is 66.2 Å². The first-order chi connectivity index (χ1) is 16.6. The molecule has 2 unspecified atom stereocenters. The van der Waals surface area contributed by atoms with Crippen LogP contribution in [0.3, 0.4) is 0 Å². The molecule has 4 nitrogen and oxygen atoms in total. The maximum Gasteiger partial charge on any atom is 0.119 e. The van der Waals surface area contributed by atoms with Gasteiger partial charge in [0.2, 0.25) is 0 Å². The second-order valence-corrected chi connectivity index (χ2v) is 11.1. The van der Waals surface area contributed by atoms with Crippen LogP contribution in [0.4, 0.5) is 0 Å². The van der Waals surface area contributed by atoms with Gasteiger partial charge in [-0.1, -0.05) is 74.2 Å². The number of benzene rings is 2. The Balaban J connectivity index is 0.00000289. The van der Waals surface area contributed by atoms with Crippen molar-refractivity contribution in [2.75, 3.05) is 39.4 Å². The quantitative estimate of drug-likeness (QED) is 0.349. The molecule has 3 heterocycles. The summed E-state index contributed by atoms with van der Waals surface area (Å²) < 4.78 is 13.8. The molecular weight excluding hydrogens is 502 g/mol. The predicted molar refractivity (Wildman–Crippen MR) is 136 cm³/mol. The SMILES string of the molecule is OC(COC1C[N+]2(CCCOc3ccccc3)CCC1CC2)(CC1CCCC1)c1ccccc1.[Br-]. The molecule has 1 aliphatic carbocycles. The van der Waals surface area contributed by atoms with Crippen molar-refractivity contribution in [1.82, 2.24) is 0 Å². The third-order valence-corrected chi connectivity index (χ3v) is 8.78. The zero-order valence-electron chi connectivity index (χ0n) is 21.0. The maximum absolute atomic E-state index is 11.8. The normalized spacial score (nSPS) is 27.8. The number of nitrogens with zero attached hydrogens (tertiary/aromatic N) is 1. The Labute approximate surface area is 222 Å². The number of rotatable bonds is 11. The Hall–Kier alpha value is -1.40. The minimum atomic E-state index is -0.878. The molecule has 35 heavy (non-hydrogen) atoms. The molecule has 6 rings (SSSR count). The highest BCUT2D eigenvalue weighted by molar-refractivity contribution is 5.23. The van der Waals surface area contributed by atoms with Crippen molar-refractivity contribution in [3.8, 4) is 5.75 Å². The van der Waals surface area contributed by atoms with Gasteiger partial charge in [-0.05, 0) is 30.0 Å². The number of piperidine rings is 3. The van der Waals surface area contributed by atoms with Gasteiger partial charge in [-0.15, -0.1) is 0 Å². The van der Waals surface area contributed by atoms with Gasteiger partial charge in [-0.3, -0.25) is 0 Å². The minimum absolute atomic E-state index is 0. The summed E-state index contributed by atoms with van der Waals surface area (Å²) in [4.78, 5) is 0. The van der Waals surface area contributed by atoms with E-state index in [0.29, 0.717) is 18.4 Å². The van der Waals surface area contributed by atoms with Crippen LogP contribution in [0.5, 0.6) is 5.75 Å². The summed E-state index contributed by atoms with van der Waals surface area (Å²) in [5.41, 5.74) is 0.140. The standard InChI is InChI=1S/C30H42NO3.BrH/c32-30(22-25-10-7-8-11-25,27-12-3-1-4-13-27)24-34-29-23-31(19-16-26(29)17-20-31)18-9-21-33-28-14-5-2-6-15-28;/h1-6,12-15,25-26,29,32H,7-11,16-24H2;1H/q+1;/p-1. The number of para-hydroxylation sites is 1. The summed E-state index contributed by atoms with van der Waals surface area (Å²) >= 11 is 0. The number of hydrogen-bond donors (Lipinski definition) is 1. The van der Waals surface area contributed by atoms with E-state index in [1.54, 1.807) is 0 Å². The number of aliphatic hydroxyl groups is 1. The van der Waals surface area contributed by atoms with Crippen LogP contribution in [0.2, 0.25) is 0 Å². The fourth-order valence-corrected chi connectivity index (χ4v) is 6.78. The Bertz CT molecular complexity index is 881. The topological polar surface area (TPSA) is 38.7 Å². The lowest BCUT2D eigenvalue weighted by Gasteiger charge is -2.52. The molecule has 0 spiro atoms. The molecule has 4 aliphatic rings. The fraction of sp³-hybridized carbons (Fsp3) is 0.600. The molecule has 4 fully saturated rings. The molecule has 0 amide bonds. The van der Waals surface area contributed by atoms with Crippen LogP contribution in [-0.2, 0) is 10.3 Å². The summed E-state index contributed by atoms with van der Waals surface area (Å²) in [6.45, 7) is 5.97. The molecule has 2 aromatic rings. The molecule has 2 atom stereocenters. The van der Waals surface area contributed by atoms with Gasteiger partial charge in [0, 0.05) is 25.2 Å². The van der Waals surface area contributed by atoms with Crippen LogP contribution < -0.4 is 21.7 Å².